The zero-order valence-corrected chi connectivity index (χ0v) is 12.7. The smallest absolute Gasteiger partial charge is 0.261 e. The van der Waals surface area contributed by atoms with E-state index < -0.39 is 0 Å². The molecule has 3 rings (SSSR count). The summed E-state index contributed by atoms with van der Waals surface area (Å²) in [7, 11) is 0. The summed E-state index contributed by atoms with van der Waals surface area (Å²) in [5.41, 5.74) is 1.13. The number of hydrogen-bond donors (Lipinski definition) is 1. The summed E-state index contributed by atoms with van der Waals surface area (Å²) in [6.45, 7) is 3.79. The lowest BCUT2D eigenvalue weighted by Crippen LogP contribution is -2.24. The van der Waals surface area contributed by atoms with Crippen molar-refractivity contribution >= 4 is 17.2 Å². The summed E-state index contributed by atoms with van der Waals surface area (Å²) in [5, 5.41) is 2.94. The summed E-state index contributed by atoms with van der Waals surface area (Å²) in [6.07, 6.45) is 0.771. The molecule has 1 aliphatic heterocycles. The highest BCUT2D eigenvalue weighted by molar-refractivity contribution is 7.13. The van der Waals surface area contributed by atoms with Crippen LogP contribution in [0.5, 0.6) is 11.5 Å². The van der Waals surface area contributed by atoms with Gasteiger partial charge in [0.15, 0.2) is 11.5 Å². The molecule has 1 aliphatic rings. The van der Waals surface area contributed by atoms with Crippen LogP contribution < -0.4 is 14.8 Å². The number of hydrogen-bond acceptors (Lipinski definition) is 4. The molecule has 0 bridgehead atoms. The quantitative estimate of drug-likeness (QED) is 0.945. The highest BCUT2D eigenvalue weighted by Crippen LogP contribution is 2.30. The molecule has 0 atom stereocenters. The molecule has 2 heterocycles. The molecule has 21 heavy (non-hydrogen) atoms. The van der Waals surface area contributed by atoms with Crippen molar-refractivity contribution in [1.82, 2.24) is 5.32 Å². The lowest BCUT2D eigenvalue weighted by Gasteiger charge is -2.18. The molecule has 1 aromatic heterocycles. The van der Waals surface area contributed by atoms with Gasteiger partial charge in [-0.2, -0.15) is 0 Å². The second-order valence-corrected chi connectivity index (χ2v) is 6.18. The second-order valence-electron chi connectivity index (χ2n) is 4.89. The van der Waals surface area contributed by atoms with Gasteiger partial charge in [-0.25, -0.2) is 0 Å². The van der Waals surface area contributed by atoms with Crippen LogP contribution in [0.1, 0.15) is 20.1 Å². The minimum absolute atomic E-state index is 0.00866. The van der Waals surface area contributed by atoms with Gasteiger partial charge in [-0.3, -0.25) is 4.79 Å². The number of thiophene rings is 1. The Labute approximate surface area is 127 Å². The monoisotopic (exact) mass is 303 g/mol. The van der Waals surface area contributed by atoms with Gasteiger partial charge in [0.25, 0.3) is 5.91 Å². The van der Waals surface area contributed by atoms with Crippen molar-refractivity contribution in [3.8, 4) is 11.5 Å². The lowest BCUT2D eigenvalue weighted by molar-refractivity contribution is 0.0958. The summed E-state index contributed by atoms with van der Waals surface area (Å²) < 4.78 is 11.0. The van der Waals surface area contributed by atoms with Crippen LogP contribution in [0.25, 0.3) is 0 Å². The van der Waals surface area contributed by atoms with E-state index in [2.05, 4.69) is 5.32 Å². The molecule has 1 N–H and O–H groups in total. The average molecular weight is 303 g/mol. The van der Waals surface area contributed by atoms with E-state index in [1.54, 1.807) is 0 Å². The van der Waals surface area contributed by atoms with Crippen molar-refractivity contribution in [2.75, 3.05) is 19.8 Å². The minimum Gasteiger partial charge on any atom is -0.486 e. The molecular weight excluding hydrogens is 286 g/mol. The van der Waals surface area contributed by atoms with Crippen LogP contribution in [0, 0.1) is 6.92 Å². The first-order valence-corrected chi connectivity index (χ1v) is 7.77. The van der Waals surface area contributed by atoms with Gasteiger partial charge < -0.3 is 14.8 Å². The predicted octanol–water partition coefficient (Wildman–Crippen LogP) is 2.80. The number of carbonyl (C=O) groups is 1. The Morgan fingerprint density at radius 2 is 2.00 bits per heavy atom. The van der Waals surface area contributed by atoms with Gasteiger partial charge in [0, 0.05) is 11.4 Å². The molecule has 0 aliphatic carbocycles. The van der Waals surface area contributed by atoms with Crippen LogP contribution in [-0.4, -0.2) is 25.7 Å². The molecule has 1 aromatic carbocycles. The van der Waals surface area contributed by atoms with E-state index in [1.165, 1.54) is 11.3 Å². The number of benzene rings is 1. The number of fused-ring (bicyclic) bond motifs is 1. The van der Waals surface area contributed by atoms with E-state index >= 15 is 0 Å². The number of amides is 1. The molecule has 0 saturated heterocycles. The maximum Gasteiger partial charge on any atom is 0.261 e. The van der Waals surface area contributed by atoms with Crippen molar-refractivity contribution in [2.45, 2.75) is 13.3 Å². The molecule has 0 radical (unpaired) electrons. The number of nitrogens with one attached hydrogen (secondary N) is 1. The van der Waals surface area contributed by atoms with Gasteiger partial charge >= 0.3 is 0 Å². The molecule has 0 spiro atoms. The highest BCUT2D eigenvalue weighted by Gasteiger charge is 2.12. The molecule has 4 nitrogen and oxygen atoms in total. The SMILES string of the molecule is Cc1ccc(C(=O)NCCc2ccc3c(c2)OCCO3)s1. The molecule has 2 aromatic rings. The number of carbonyl (C=O) groups excluding carboxylic acids is 1. The van der Waals surface area contributed by atoms with Crippen LogP contribution in [0.2, 0.25) is 0 Å². The van der Waals surface area contributed by atoms with Crippen molar-refractivity contribution in [3.63, 3.8) is 0 Å². The molecule has 110 valence electrons. The van der Waals surface area contributed by atoms with Crippen LogP contribution in [-0.2, 0) is 6.42 Å². The Hall–Kier alpha value is -2.01. The third-order valence-electron chi connectivity index (χ3n) is 3.27. The fraction of sp³-hybridized carbons (Fsp3) is 0.312. The normalized spacial score (nSPS) is 13.0. The maximum absolute atomic E-state index is 11.9. The molecule has 0 saturated carbocycles. The molecule has 1 amide bonds. The average Bonchev–Trinajstić information content (AvgIpc) is 2.94. The Balaban J connectivity index is 1.54. The van der Waals surface area contributed by atoms with Crippen molar-refractivity contribution in [2.24, 2.45) is 0 Å². The Kier molecular flexibility index (Phi) is 4.10. The fourth-order valence-electron chi connectivity index (χ4n) is 2.21. The molecule has 5 heteroatoms. The number of rotatable bonds is 4. The van der Waals surface area contributed by atoms with E-state index in [-0.39, 0.29) is 5.91 Å². The van der Waals surface area contributed by atoms with E-state index in [4.69, 9.17) is 9.47 Å². The topological polar surface area (TPSA) is 47.6 Å². The van der Waals surface area contributed by atoms with Crippen LogP contribution in [0.4, 0.5) is 0 Å². The molecule has 0 fully saturated rings. The zero-order valence-electron chi connectivity index (χ0n) is 11.8. The van der Waals surface area contributed by atoms with E-state index in [1.807, 2.05) is 37.3 Å². The van der Waals surface area contributed by atoms with Gasteiger partial charge in [-0.1, -0.05) is 6.07 Å². The summed E-state index contributed by atoms with van der Waals surface area (Å²) in [5.74, 6) is 1.58. The van der Waals surface area contributed by atoms with Crippen LogP contribution >= 0.6 is 11.3 Å². The van der Waals surface area contributed by atoms with Crippen molar-refractivity contribution < 1.29 is 14.3 Å². The first-order valence-electron chi connectivity index (χ1n) is 6.95. The summed E-state index contributed by atoms with van der Waals surface area (Å²) >= 11 is 1.51. The highest BCUT2D eigenvalue weighted by atomic mass is 32.1. The van der Waals surface area contributed by atoms with E-state index in [0.29, 0.717) is 19.8 Å². The van der Waals surface area contributed by atoms with E-state index in [0.717, 1.165) is 33.2 Å². The molecular formula is C16H17NO3S. The molecule has 0 unspecified atom stereocenters. The number of ether oxygens (including phenoxy) is 2. The van der Waals surface area contributed by atoms with Gasteiger partial charge in [-0.05, 0) is 43.2 Å². The first-order chi connectivity index (χ1) is 10.2. The maximum atomic E-state index is 11.9. The van der Waals surface area contributed by atoms with Crippen molar-refractivity contribution in [1.29, 1.82) is 0 Å². The lowest BCUT2D eigenvalue weighted by atomic mass is 10.1. The van der Waals surface area contributed by atoms with Crippen LogP contribution in [0.3, 0.4) is 0 Å². The summed E-state index contributed by atoms with van der Waals surface area (Å²) in [4.78, 5) is 13.8. The number of aryl methyl sites for hydroxylation is 1. The zero-order chi connectivity index (χ0) is 14.7. The fourth-order valence-corrected chi connectivity index (χ4v) is 2.99. The Morgan fingerprint density at radius 1 is 1.19 bits per heavy atom. The Morgan fingerprint density at radius 3 is 2.76 bits per heavy atom. The largest absolute Gasteiger partial charge is 0.486 e. The van der Waals surface area contributed by atoms with Crippen LogP contribution in [0.15, 0.2) is 30.3 Å². The van der Waals surface area contributed by atoms with Gasteiger partial charge in [0.05, 0.1) is 4.88 Å². The van der Waals surface area contributed by atoms with E-state index in [9.17, 15) is 4.79 Å². The first kappa shape index (κ1) is 13.9. The Bertz CT molecular complexity index is 651. The predicted molar refractivity (Wildman–Crippen MR) is 82.5 cm³/mol. The third kappa shape index (κ3) is 3.36. The minimum atomic E-state index is -0.00866. The third-order valence-corrected chi connectivity index (χ3v) is 4.27. The second kappa shape index (κ2) is 6.18. The van der Waals surface area contributed by atoms with Crippen molar-refractivity contribution in [3.05, 3.63) is 45.6 Å². The standard InChI is InChI=1S/C16H17NO3S/c1-11-2-5-15(21-11)16(18)17-7-6-12-3-4-13-14(10-12)20-9-8-19-13/h2-5,10H,6-9H2,1H3,(H,17,18). The van der Waals surface area contributed by atoms with Gasteiger partial charge in [0.1, 0.15) is 13.2 Å². The summed E-state index contributed by atoms with van der Waals surface area (Å²) in [6, 6.07) is 9.74. The van der Waals surface area contributed by atoms with Gasteiger partial charge in [0.2, 0.25) is 0 Å². The van der Waals surface area contributed by atoms with Gasteiger partial charge in [-0.15, -0.1) is 11.3 Å².